The average Bonchev–Trinajstić information content (AvgIpc) is 2.42. The van der Waals surface area contributed by atoms with Gasteiger partial charge in [-0.25, -0.2) is 0 Å². The molecule has 0 aromatic rings. The van der Waals surface area contributed by atoms with Crippen LogP contribution in [0.1, 0.15) is 94.9 Å². The van der Waals surface area contributed by atoms with Crippen molar-refractivity contribution in [3.8, 4) is 0 Å². The first-order chi connectivity index (χ1) is 9.53. The zero-order valence-corrected chi connectivity index (χ0v) is 16.8. The van der Waals surface area contributed by atoms with Crippen LogP contribution >= 0.6 is 0 Å². The number of hydrogen-bond acceptors (Lipinski definition) is 0. The highest BCUT2D eigenvalue weighted by molar-refractivity contribution is 4.83. The summed E-state index contributed by atoms with van der Waals surface area (Å²) >= 11 is 0. The maximum absolute atomic E-state index is 2.51. The van der Waals surface area contributed by atoms with E-state index in [9.17, 15) is 0 Å². The van der Waals surface area contributed by atoms with Crippen molar-refractivity contribution in [2.45, 2.75) is 94.9 Å². The van der Waals surface area contributed by atoms with Crippen molar-refractivity contribution >= 4 is 0 Å². The normalized spacial score (nSPS) is 20.1. The lowest BCUT2D eigenvalue weighted by Crippen LogP contribution is -2.31. The van der Waals surface area contributed by atoms with Gasteiger partial charge < -0.3 is 0 Å². The summed E-state index contributed by atoms with van der Waals surface area (Å²) in [5.74, 6) is 5.02. The van der Waals surface area contributed by atoms with Crippen molar-refractivity contribution in [3.05, 3.63) is 0 Å². The van der Waals surface area contributed by atoms with E-state index in [-0.39, 0.29) is 0 Å². The molecule has 0 aliphatic heterocycles. The second-order valence-electron chi connectivity index (χ2n) is 9.02. The van der Waals surface area contributed by atoms with Gasteiger partial charge in [0.05, 0.1) is 0 Å². The first-order valence-electron chi connectivity index (χ1n) is 9.53. The van der Waals surface area contributed by atoms with Crippen LogP contribution in [0.3, 0.4) is 0 Å². The smallest absolute Gasteiger partial charge is 0.0303 e. The van der Waals surface area contributed by atoms with Crippen LogP contribution < -0.4 is 0 Å². The van der Waals surface area contributed by atoms with Gasteiger partial charge in [0, 0.05) is 0 Å². The van der Waals surface area contributed by atoms with Crippen LogP contribution in [0.15, 0.2) is 0 Å². The van der Waals surface area contributed by atoms with Crippen molar-refractivity contribution in [1.29, 1.82) is 0 Å². The molecule has 5 atom stereocenters. The van der Waals surface area contributed by atoms with E-state index in [0.717, 1.165) is 35.5 Å². The predicted molar refractivity (Wildman–Crippen MR) is 98.6 cm³/mol. The largest absolute Gasteiger partial charge is 0.0651 e. The molecular weight excluding hydrogens is 252 g/mol. The van der Waals surface area contributed by atoms with Gasteiger partial charge in [0.25, 0.3) is 0 Å². The minimum Gasteiger partial charge on any atom is -0.0651 e. The second-order valence-corrected chi connectivity index (χ2v) is 9.02. The van der Waals surface area contributed by atoms with E-state index in [0.29, 0.717) is 5.41 Å². The van der Waals surface area contributed by atoms with E-state index in [1.54, 1.807) is 0 Å². The van der Waals surface area contributed by atoms with E-state index in [1.165, 1.54) is 25.7 Å². The molecule has 0 saturated heterocycles. The Labute approximate surface area is 136 Å². The lowest BCUT2D eigenvalue weighted by Gasteiger charge is -2.40. The Morgan fingerprint density at radius 2 is 1.19 bits per heavy atom. The Morgan fingerprint density at radius 3 is 1.62 bits per heavy atom. The maximum Gasteiger partial charge on any atom is -0.0303 e. The molecule has 0 aliphatic rings. The topological polar surface area (TPSA) is 0 Å². The zero-order valence-electron chi connectivity index (χ0n) is 16.8. The quantitative estimate of drug-likeness (QED) is 0.393. The molecule has 0 aromatic heterocycles. The lowest BCUT2D eigenvalue weighted by molar-refractivity contribution is 0.0965. The average molecular weight is 297 g/mol. The fraction of sp³-hybridized carbons (Fsp3) is 1.00. The third-order valence-electron chi connectivity index (χ3n) is 7.07. The second kappa shape index (κ2) is 9.21. The van der Waals surface area contributed by atoms with Gasteiger partial charge in [-0.1, -0.05) is 82.1 Å². The summed E-state index contributed by atoms with van der Waals surface area (Å²) < 4.78 is 0. The fourth-order valence-corrected chi connectivity index (χ4v) is 3.20. The van der Waals surface area contributed by atoms with Gasteiger partial charge in [0.1, 0.15) is 0 Å². The SMILES string of the molecule is CCC(C)C(C)CC(C)C(C)(C)C(C)CCC(C)C(C)C. The molecule has 0 heteroatoms. The predicted octanol–water partition coefficient (Wildman–Crippen LogP) is 7.43. The van der Waals surface area contributed by atoms with Crippen LogP contribution in [0, 0.1) is 40.9 Å². The van der Waals surface area contributed by atoms with Crippen molar-refractivity contribution in [1.82, 2.24) is 0 Å². The molecule has 0 rings (SSSR count). The van der Waals surface area contributed by atoms with Crippen LogP contribution in [-0.4, -0.2) is 0 Å². The molecular formula is C21H44. The van der Waals surface area contributed by atoms with E-state index in [4.69, 9.17) is 0 Å². The molecule has 0 heterocycles. The Morgan fingerprint density at radius 1 is 0.667 bits per heavy atom. The van der Waals surface area contributed by atoms with Crippen molar-refractivity contribution in [2.24, 2.45) is 40.9 Å². The summed E-state index contributed by atoms with van der Waals surface area (Å²) in [6.45, 7) is 24.3. The standard InChI is InChI=1S/C21H44/c1-11-16(4)18(6)14-20(8)21(9,10)19(7)13-12-17(5)15(2)3/h15-20H,11-14H2,1-10H3. The third-order valence-corrected chi connectivity index (χ3v) is 7.07. The molecule has 128 valence electrons. The Bertz CT molecular complexity index is 263. The van der Waals surface area contributed by atoms with E-state index < -0.39 is 0 Å². The first-order valence-corrected chi connectivity index (χ1v) is 9.53. The maximum atomic E-state index is 2.51. The molecule has 0 aromatic carbocycles. The summed E-state index contributed by atoms with van der Waals surface area (Å²) in [5, 5.41) is 0. The van der Waals surface area contributed by atoms with E-state index in [2.05, 4.69) is 69.2 Å². The molecule has 21 heavy (non-hydrogen) atoms. The summed E-state index contributed by atoms with van der Waals surface area (Å²) in [6, 6.07) is 0. The van der Waals surface area contributed by atoms with Crippen molar-refractivity contribution < 1.29 is 0 Å². The van der Waals surface area contributed by atoms with Gasteiger partial charge in [-0.05, 0) is 53.8 Å². The minimum absolute atomic E-state index is 0.457. The Balaban J connectivity index is 4.49. The zero-order chi connectivity index (χ0) is 16.8. The highest BCUT2D eigenvalue weighted by atomic mass is 14.4. The highest BCUT2D eigenvalue weighted by Gasteiger charge is 2.33. The molecule has 0 saturated carbocycles. The van der Waals surface area contributed by atoms with Gasteiger partial charge in [0.15, 0.2) is 0 Å². The fourth-order valence-electron chi connectivity index (χ4n) is 3.20. The van der Waals surface area contributed by atoms with Crippen LogP contribution in [0.25, 0.3) is 0 Å². The van der Waals surface area contributed by atoms with Crippen LogP contribution in [-0.2, 0) is 0 Å². The molecule has 0 bridgehead atoms. The number of rotatable bonds is 10. The highest BCUT2D eigenvalue weighted by Crippen LogP contribution is 2.42. The Kier molecular flexibility index (Phi) is 9.21. The summed E-state index contributed by atoms with van der Waals surface area (Å²) in [7, 11) is 0. The summed E-state index contributed by atoms with van der Waals surface area (Å²) in [6.07, 6.45) is 5.46. The van der Waals surface area contributed by atoms with Gasteiger partial charge in [-0.15, -0.1) is 0 Å². The first kappa shape index (κ1) is 21.0. The van der Waals surface area contributed by atoms with Gasteiger partial charge in [0.2, 0.25) is 0 Å². The minimum atomic E-state index is 0.457. The molecule has 0 amide bonds. The summed E-state index contributed by atoms with van der Waals surface area (Å²) in [4.78, 5) is 0. The summed E-state index contributed by atoms with van der Waals surface area (Å²) in [5.41, 5.74) is 0.457. The van der Waals surface area contributed by atoms with E-state index >= 15 is 0 Å². The third kappa shape index (κ3) is 6.74. The van der Waals surface area contributed by atoms with Gasteiger partial charge in [-0.3, -0.25) is 0 Å². The van der Waals surface area contributed by atoms with Crippen LogP contribution in [0.2, 0.25) is 0 Å². The molecule has 0 N–H and O–H groups in total. The van der Waals surface area contributed by atoms with Crippen LogP contribution in [0.4, 0.5) is 0 Å². The molecule has 0 radical (unpaired) electrons. The van der Waals surface area contributed by atoms with Crippen molar-refractivity contribution in [2.75, 3.05) is 0 Å². The molecule has 0 fully saturated rings. The van der Waals surface area contributed by atoms with Gasteiger partial charge in [-0.2, -0.15) is 0 Å². The van der Waals surface area contributed by atoms with Crippen LogP contribution in [0.5, 0.6) is 0 Å². The van der Waals surface area contributed by atoms with Crippen molar-refractivity contribution in [3.63, 3.8) is 0 Å². The molecule has 0 nitrogen and oxygen atoms in total. The Hall–Kier alpha value is 0. The van der Waals surface area contributed by atoms with Gasteiger partial charge >= 0.3 is 0 Å². The molecule has 0 aliphatic carbocycles. The van der Waals surface area contributed by atoms with E-state index in [1.807, 2.05) is 0 Å². The monoisotopic (exact) mass is 296 g/mol. The molecule has 5 unspecified atom stereocenters. The molecule has 0 spiro atoms. The lowest BCUT2D eigenvalue weighted by atomic mass is 9.65. The number of hydrogen-bond donors (Lipinski definition) is 0.